The van der Waals surface area contributed by atoms with Crippen LogP contribution in [0.25, 0.3) is 0 Å². The molecule has 0 spiro atoms. The Morgan fingerprint density at radius 2 is 2.04 bits per heavy atom. The van der Waals surface area contributed by atoms with Crippen LogP contribution in [0.1, 0.15) is 37.7 Å². The molecule has 6 nitrogen and oxygen atoms in total. The molecule has 0 unspecified atom stereocenters. The first kappa shape index (κ1) is 17.9. The van der Waals surface area contributed by atoms with Crippen molar-refractivity contribution in [2.75, 3.05) is 13.1 Å². The summed E-state index contributed by atoms with van der Waals surface area (Å²) in [6.07, 6.45) is 0. The lowest BCUT2D eigenvalue weighted by Gasteiger charge is -2.18. The van der Waals surface area contributed by atoms with E-state index in [4.69, 9.17) is 0 Å². The maximum Gasteiger partial charge on any atom is 0.251 e. The minimum atomic E-state index is -0.0494. The van der Waals surface area contributed by atoms with Gasteiger partial charge in [-0.2, -0.15) is 5.10 Å². The van der Waals surface area contributed by atoms with Crippen molar-refractivity contribution < 1.29 is 4.79 Å². The number of benzene rings is 1. The second-order valence-electron chi connectivity index (χ2n) is 7.04. The summed E-state index contributed by atoms with van der Waals surface area (Å²) in [7, 11) is 0. The quantitative estimate of drug-likeness (QED) is 0.713. The molecule has 140 valence electrons. The first-order chi connectivity index (χ1) is 13.1. The Morgan fingerprint density at radius 1 is 1.22 bits per heavy atom. The van der Waals surface area contributed by atoms with Crippen LogP contribution in [-0.2, 0) is 6.54 Å². The third-order valence-corrected chi connectivity index (χ3v) is 5.86. The number of aromatic amines is 1. The smallest absolute Gasteiger partial charge is 0.251 e. The molecule has 7 heteroatoms. The molecule has 2 atom stereocenters. The van der Waals surface area contributed by atoms with Crippen LogP contribution in [0.5, 0.6) is 0 Å². The molecular formula is C20H23N5OS. The van der Waals surface area contributed by atoms with Crippen molar-refractivity contribution in [2.45, 2.75) is 32.4 Å². The lowest BCUT2D eigenvalue weighted by Crippen LogP contribution is -2.40. The summed E-state index contributed by atoms with van der Waals surface area (Å²) < 4.78 is 0. The van der Waals surface area contributed by atoms with E-state index in [2.05, 4.69) is 44.5 Å². The van der Waals surface area contributed by atoms with Gasteiger partial charge in [-0.1, -0.05) is 18.2 Å². The second-order valence-corrected chi connectivity index (χ2v) is 8.41. The first-order valence-corrected chi connectivity index (χ1v) is 9.92. The minimum absolute atomic E-state index is 0.0195. The van der Waals surface area contributed by atoms with Gasteiger partial charge in [-0.05, 0) is 38.1 Å². The number of nitrogens with one attached hydrogen (secondary N) is 2. The topological polar surface area (TPSA) is 73.9 Å². The Balaban J connectivity index is 1.52. The van der Waals surface area contributed by atoms with Crippen LogP contribution in [-0.4, -0.2) is 45.1 Å². The van der Waals surface area contributed by atoms with Gasteiger partial charge >= 0.3 is 0 Å². The summed E-state index contributed by atoms with van der Waals surface area (Å²) >= 11 is 1.82. The number of H-pyrrole nitrogens is 1. The third kappa shape index (κ3) is 4.09. The molecule has 3 heterocycles. The zero-order chi connectivity index (χ0) is 18.8. The molecule has 3 aromatic rings. The number of hydrogen-bond acceptors (Lipinski definition) is 5. The number of thiophene rings is 1. The molecule has 1 fully saturated rings. The van der Waals surface area contributed by atoms with Crippen LogP contribution in [0.4, 0.5) is 0 Å². The fraction of sp³-hybridized carbons (Fsp3) is 0.350. The van der Waals surface area contributed by atoms with Crippen LogP contribution in [0, 0.1) is 13.8 Å². The number of rotatable bonds is 5. The Morgan fingerprint density at radius 3 is 2.70 bits per heavy atom. The van der Waals surface area contributed by atoms with Crippen molar-refractivity contribution in [1.82, 2.24) is 25.4 Å². The fourth-order valence-corrected chi connectivity index (χ4v) is 4.51. The molecule has 0 radical (unpaired) electrons. The molecule has 27 heavy (non-hydrogen) atoms. The number of likely N-dealkylation sites (tertiary alicyclic amines) is 1. The van der Waals surface area contributed by atoms with E-state index in [0.717, 1.165) is 31.3 Å². The summed E-state index contributed by atoms with van der Waals surface area (Å²) in [6, 6.07) is 13.7. The first-order valence-electron chi connectivity index (χ1n) is 9.11. The zero-order valence-electron chi connectivity index (χ0n) is 15.5. The zero-order valence-corrected chi connectivity index (χ0v) is 16.3. The van der Waals surface area contributed by atoms with E-state index in [9.17, 15) is 4.79 Å². The highest BCUT2D eigenvalue weighted by molar-refractivity contribution is 7.11. The molecule has 1 saturated heterocycles. The van der Waals surface area contributed by atoms with E-state index in [1.807, 2.05) is 48.6 Å². The van der Waals surface area contributed by atoms with E-state index >= 15 is 0 Å². The Bertz CT molecular complexity index is 919. The van der Waals surface area contributed by atoms with Gasteiger partial charge in [-0.25, -0.2) is 4.98 Å². The Hall–Kier alpha value is -2.51. The molecule has 4 rings (SSSR count). The summed E-state index contributed by atoms with van der Waals surface area (Å²) in [4.78, 5) is 22.2. The van der Waals surface area contributed by atoms with Gasteiger partial charge in [0, 0.05) is 35.0 Å². The van der Waals surface area contributed by atoms with E-state index < -0.39 is 0 Å². The van der Waals surface area contributed by atoms with Gasteiger partial charge in [-0.15, -0.1) is 11.3 Å². The Labute approximate surface area is 162 Å². The molecule has 1 aliphatic heterocycles. The predicted octanol–water partition coefficient (Wildman–Crippen LogP) is 2.88. The summed E-state index contributed by atoms with van der Waals surface area (Å²) in [5.74, 6) is 1.59. The van der Waals surface area contributed by atoms with Gasteiger partial charge in [0.15, 0.2) is 5.82 Å². The minimum Gasteiger partial charge on any atom is -0.347 e. The summed E-state index contributed by atoms with van der Waals surface area (Å²) in [5.41, 5.74) is 0.676. The van der Waals surface area contributed by atoms with Crippen molar-refractivity contribution in [3.63, 3.8) is 0 Å². The number of aromatic nitrogens is 3. The largest absolute Gasteiger partial charge is 0.347 e. The molecule has 0 aliphatic carbocycles. The highest BCUT2D eigenvalue weighted by Gasteiger charge is 2.37. The van der Waals surface area contributed by atoms with Crippen LogP contribution in [0.2, 0.25) is 0 Å². The summed E-state index contributed by atoms with van der Waals surface area (Å²) in [6.45, 7) is 6.52. The van der Waals surface area contributed by atoms with Gasteiger partial charge in [0.2, 0.25) is 0 Å². The van der Waals surface area contributed by atoms with Crippen LogP contribution >= 0.6 is 11.3 Å². The molecule has 1 aromatic carbocycles. The van der Waals surface area contributed by atoms with E-state index in [1.54, 1.807) is 0 Å². The lowest BCUT2D eigenvalue weighted by molar-refractivity contribution is 0.0934. The van der Waals surface area contributed by atoms with Gasteiger partial charge in [0.1, 0.15) is 5.82 Å². The molecule has 2 N–H and O–H groups in total. The van der Waals surface area contributed by atoms with E-state index in [0.29, 0.717) is 5.56 Å². The molecule has 2 aromatic heterocycles. The van der Waals surface area contributed by atoms with E-state index in [1.165, 1.54) is 9.75 Å². The number of carbonyl (C=O) groups is 1. The van der Waals surface area contributed by atoms with E-state index in [-0.39, 0.29) is 17.9 Å². The molecular weight excluding hydrogens is 358 g/mol. The van der Waals surface area contributed by atoms with Crippen LogP contribution < -0.4 is 5.32 Å². The van der Waals surface area contributed by atoms with Crippen molar-refractivity contribution in [3.8, 4) is 0 Å². The van der Waals surface area contributed by atoms with Crippen molar-refractivity contribution in [1.29, 1.82) is 0 Å². The normalized spacial score (nSPS) is 20.1. The highest BCUT2D eigenvalue weighted by Crippen LogP contribution is 2.28. The van der Waals surface area contributed by atoms with Gasteiger partial charge in [0.25, 0.3) is 5.91 Å². The predicted molar refractivity (Wildman–Crippen MR) is 106 cm³/mol. The molecule has 1 amide bonds. The standard InChI is InChI=1S/C20H23N5OS/c1-13-8-9-16(27-13)10-25-11-17(19-21-14(2)23-24-19)18(12-25)22-20(26)15-6-4-3-5-7-15/h3-9,17-18H,10-12H2,1-2H3,(H,22,26)(H,21,23,24)/t17-,18-/m1/s1. The second kappa shape index (κ2) is 7.62. The number of carbonyl (C=O) groups excluding carboxylic acids is 1. The van der Waals surface area contributed by atoms with Crippen LogP contribution in [0.15, 0.2) is 42.5 Å². The number of nitrogens with zero attached hydrogens (tertiary/aromatic N) is 3. The molecule has 0 bridgehead atoms. The van der Waals surface area contributed by atoms with Gasteiger partial charge in [-0.3, -0.25) is 14.8 Å². The fourth-order valence-electron chi connectivity index (χ4n) is 3.58. The average Bonchev–Trinajstić information content (AvgIpc) is 3.37. The number of aryl methyl sites for hydroxylation is 2. The average molecular weight is 382 g/mol. The Kier molecular flexibility index (Phi) is 5.05. The molecule has 0 saturated carbocycles. The van der Waals surface area contributed by atoms with Crippen molar-refractivity contribution in [3.05, 3.63) is 69.4 Å². The van der Waals surface area contributed by atoms with Crippen LogP contribution in [0.3, 0.4) is 0 Å². The summed E-state index contributed by atoms with van der Waals surface area (Å²) in [5, 5.41) is 10.5. The highest BCUT2D eigenvalue weighted by atomic mass is 32.1. The van der Waals surface area contributed by atoms with Crippen molar-refractivity contribution in [2.24, 2.45) is 0 Å². The third-order valence-electron chi connectivity index (χ3n) is 4.87. The lowest BCUT2D eigenvalue weighted by atomic mass is 10.0. The molecule has 1 aliphatic rings. The monoisotopic (exact) mass is 381 g/mol. The number of hydrogen-bond donors (Lipinski definition) is 2. The number of amides is 1. The SMILES string of the molecule is Cc1nc([C@@H]2CN(Cc3ccc(C)s3)C[C@H]2NC(=O)c2ccccc2)n[nH]1. The maximum absolute atomic E-state index is 12.7. The maximum atomic E-state index is 12.7. The van der Waals surface area contributed by atoms with Crippen molar-refractivity contribution >= 4 is 17.2 Å². The van der Waals surface area contributed by atoms with Gasteiger partial charge in [0.05, 0.1) is 12.0 Å². The van der Waals surface area contributed by atoms with Gasteiger partial charge < -0.3 is 5.32 Å².